The van der Waals surface area contributed by atoms with Gasteiger partial charge in [0.15, 0.2) is 0 Å². The Hall–Kier alpha value is -1.36. The van der Waals surface area contributed by atoms with Crippen molar-refractivity contribution in [1.29, 1.82) is 0 Å². The molecule has 0 unspecified atom stereocenters. The van der Waals surface area contributed by atoms with Crippen LogP contribution in [0.15, 0.2) is 6.33 Å². The summed E-state index contributed by atoms with van der Waals surface area (Å²) in [6, 6.07) is 0. The third-order valence-electron chi connectivity index (χ3n) is 3.66. The lowest BCUT2D eigenvalue weighted by Gasteiger charge is -2.32. The van der Waals surface area contributed by atoms with Crippen molar-refractivity contribution in [1.82, 2.24) is 19.6 Å². The van der Waals surface area contributed by atoms with Crippen LogP contribution in [0.4, 0.5) is 5.82 Å². The van der Waals surface area contributed by atoms with Crippen molar-refractivity contribution < 1.29 is 0 Å². The average molecular weight is 266 g/mol. The van der Waals surface area contributed by atoms with Crippen LogP contribution in [-0.2, 0) is 0 Å². The minimum Gasteiger partial charge on any atom is -0.356 e. The van der Waals surface area contributed by atoms with Gasteiger partial charge < -0.3 is 4.90 Å². The summed E-state index contributed by atoms with van der Waals surface area (Å²) in [6.07, 6.45) is 3.93. The Morgan fingerprint density at radius 1 is 1.33 bits per heavy atom. The first-order valence-electron chi connectivity index (χ1n) is 6.27. The van der Waals surface area contributed by atoms with Gasteiger partial charge in [0, 0.05) is 18.7 Å². The molecular weight excluding hydrogens is 250 g/mol. The Bertz CT molecular complexity index is 571. The van der Waals surface area contributed by atoms with E-state index in [1.165, 1.54) is 19.2 Å². The number of piperidine rings is 1. The van der Waals surface area contributed by atoms with Crippen LogP contribution in [-0.4, -0.2) is 32.7 Å². The zero-order valence-electron chi connectivity index (χ0n) is 10.6. The standard InChI is InChI=1S/C12H16ClN5/c1-8-3-5-17(6-4-8)11-9(2)10(13)16-12-14-7-15-18(11)12/h7-8H,3-6H2,1-2H3. The van der Waals surface area contributed by atoms with Gasteiger partial charge in [-0.05, 0) is 25.7 Å². The predicted octanol–water partition coefficient (Wildman–Crippen LogP) is 2.32. The van der Waals surface area contributed by atoms with E-state index in [0.717, 1.165) is 30.4 Å². The van der Waals surface area contributed by atoms with Crippen LogP contribution in [0.25, 0.3) is 5.78 Å². The van der Waals surface area contributed by atoms with Crippen LogP contribution < -0.4 is 4.90 Å². The van der Waals surface area contributed by atoms with E-state index in [0.29, 0.717) is 10.9 Å². The zero-order chi connectivity index (χ0) is 12.7. The Balaban J connectivity index is 2.09. The molecule has 0 aliphatic carbocycles. The van der Waals surface area contributed by atoms with Crippen molar-refractivity contribution in [2.45, 2.75) is 26.7 Å². The minimum atomic E-state index is 0.518. The van der Waals surface area contributed by atoms with Gasteiger partial charge in [0.25, 0.3) is 5.78 Å². The average Bonchev–Trinajstić information content (AvgIpc) is 2.80. The highest BCUT2D eigenvalue weighted by atomic mass is 35.5. The van der Waals surface area contributed by atoms with Gasteiger partial charge in [0.2, 0.25) is 0 Å². The fourth-order valence-corrected chi connectivity index (χ4v) is 2.64. The van der Waals surface area contributed by atoms with E-state index in [9.17, 15) is 0 Å². The smallest absolute Gasteiger partial charge is 0.255 e. The molecule has 6 heteroatoms. The number of rotatable bonds is 1. The predicted molar refractivity (Wildman–Crippen MR) is 71.1 cm³/mol. The molecule has 2 aromatic heterocycles. The fourth-order valence-electron chi connectivity index (χ4n) is 2.48. The van der Waals surface area contributed by atoms with Crippen LogP contribution in [0.1, 0.15) is 25.3 Å². The van der Waals surface area contributed by atoms with Gasteiger partial charge in [-0.3, -0.25) is 0 Å². The first-order valence-corrected chi connectivity index (χ1v) is 6.65. The van der Waals surface area contributed by atoms with E-state index in [2.05, 4.69) is 26.9 Å². The molecule has 0 bridgehead atoms. The summed E-state index contributed by atoms with van der Waals surface area (Å²) in [5, 5.41) is 4.78. The van der Waals surface area contributed by atoms with Crippen molar-refractivity contribution in [3.05, 3.63) is 17.0 Å². The van der Waals surface area contributed by atoms with Crippen LogP contribution in [0.5, 0.6) is 0 Å². The lowest BCUT2D eigenvalue weighted by atomic mass is 9.99. The van der Waals surface area contributed by atoms with Crippen molar-refractivity contribution in [3.63, 3.8) is 0 Å². The van der Waals surface area contributed by atoms with Crippen LogP contribution in [0.2, 0.25) is 5.15 Å². The molecule has 0 N–H and O–H groups in total. The molecule has 5 nitrogen and oxygen atoms in total. The summed E-state index contributed by atoms with van der Waals surface area (Å²) >= 11 is 6.18. The van der Waals surface area contributed by atoms with Crippen molar-refractivity contribution in [2.24, 2.45) is 5.92 Å². The van der Waals surface area contributed by atoms with Crippen molar-refractivity contribution >= 4 is 23.2 Å². The number of aromatic nitrogens is 4. The number of hydrogen-bond acceptors (Lipinski definition) is 4. The number of nitrogens with zero attached hydrogens (tertiary/aromatic N) is 5. The van der Waals surface area contributed by atoms with Crippen LogP contribution in [0, 0.1) is 12.8 Å². The van der Waals surface area contributed by atoms with E-state index in [1.807, 2.05) is 6.92 Å². The summed E-state index contributed by atoms with van der Waals surface area (Å²) in [7, 11) is 0. The molecule has 0 atom stereocenters. The second-order valence-electron chi connectivity index (χ2n) is 4.99. The molecule has 18 heavy (non-hydrogen) atoms. The molecule has 0 amide bonds. The molecule has 1 saturated heterocycles. The summed E-state index contributed by atoms with van der Waals surface area (Å²) in [4.78, 5) is 10.7. The second kappa shape index (κ2) is 4.39. The topological polar surface area (TPSA) is 46.3 Å². The molecule has 1 aliphatic rings. The molecule has 3 rings (SSSR count). The highest BCUT2D eigenvalue weighted by Gasteiger charge is 2.22. The number of halogens is 1. The number of anilines is 1. The number of fused-ring (bicyclic) bond motifs is 1. The summed E-state index contributed by atoms with van der Waals surface area (Å²) in [5.74, 6) is 2.40. The zero-order valence-corrected chi connectivity index (χ0v) is 11.4. The van der Waals surface area contributed by atoms with Crippen LogP contribution >= 0.6 is 11.6 Å². The van der Waals surface area contributed by atoms with Gasteiger partial charge in [-0.15, -0.1) is 0 Å². The lowest BCUT2D eigenvalue weighted by molar-refractivity contribution is 0.434. The fraction of sp³-hybridized carbons (Fsp3) is 0.583. The number of hydrogen-bond donors (Lipinski definition) is 0. The van der Waals surface area contributed by atoms with E-state index in [-0.39, 0.29) is 0 Å². The van der Waals surface area contributed by atoms with Crippen molar-refractivity contribution in [3.8, 4) is 0 Å². The van der Waals surface area contributed by atoms with E-state index in [4.69, 9.17) is 11.6 Å². The summed E-state index contributed by atoms with van der Waals surface area (Å²) in [6.45, 7) is 6.37. The molecule has 2 aromatic rings. The van der Waals surface area contributed by atoms with Crippen LogP contribution in [0.3, 0.4) is 0 Å². The molecule has 0 spiro atoms. The third-order valence-corrected chi connectivity index (χ3v) is 4.02. The first kappa shape index (κ1) is 11.7. The Labute approximate surface area is 111 Å². The highest BCUT2D eigenvalue weighted by molar-refractivity contribution is 6.30. The molecule has 0 saturated carbocycles. The Kier molecular flexibility index (Phi) is 2.86. The molecule has 0 aromatic carbocycles. The molecule has 96 valence electrons. The van der Waals surface area contributed by atoms with Gasteiger partial charge >= 0.3 is 0 Å². The highest BCUT2D eigenvalue weighted by Crippen LogP contribution is 2.29. The molecule has 1 fully saturated rings. The minimum absolute atomic E-state index is 0.518. The van der Waals surface area contributed by atoms with E-state index >= 15 is 0 Å². The quantitative estimate of drug-likeness (QED) is 0.743. The third kappa shape index (κ3) is 1.82. The van der Waals surface area contributed by atoms with Crippen molar-refractivity contribution in [2.75, 3.05) is 18.0 Å². The lowest BCUT2D eigenvalue weighted by Crippen LogP contribution is -2.35. The monoisotopic (exact) mass is 265 g/mol. The second-order valence-corrected chi connectivity index (χ2v) is 5.35. The summed E-state index contributed by atoms with van der Waals surface area (Å²) in [5.41, 5.74) is 0.976. The maximum atomic E-state index is 6.18. The van der Waals surface area contributed by atoms with Gasteiger partial charge in [0.1, 0.15) is 17.3 Å². The Morgan fingerprint density at radius 2 is 2.06 bits per heavy atom. The summed E-state index contributed by atoms with van der Waals surface area (Å²) < 4.78 is 1.79. The van der Waals surface area contributed by atoms with Gasteiger partial charge in [-0.1, -0.05) is 18.5 Å². The first-order chi connectivity index (χ1) is 8.66. The van der Waals surface area contributed by atoms with E-state index < -0.39 is 0 Å². The molecule has 1 aliphatic heterocycles. The van der Waals surface area contributed by atoms with Gasteiger partial charge in [-0.25, -0.2) is 0 Å². The van der Waals surface area contributed by atoms with Gasteiger partial charge in [0.05, 0.1) is 0 Å². The normalized spacial score (nSPS) is 17.6. The van der Waals surface area contributed by atoms with E-state index in [1.54, 1.807) is 4.52 Å². The molecule has 0 radical (unpaired) electrons. The SMILES string of the molecule is Cc1c(Cl)nc2ncnn2c1N1CCC(C)CC1. The largest absolute Gasteiger partial charge is 0.356 e. The molecule has 3 heterocycles. The Morgan fingerprint density at radius 3 is 2.78 bits per heavy atom. The van der Waals surface area contributed by atoms with Gasteiger partial charge in [-0.2, -0.15) is 19.6 Å². The maximum absolute atomic E-state index is 6.18. The maximum Gasteiger partial charge on any atom is 0.255 e. The molecular formula is C12H16ClN5.